The lowest BCUT2D eigenvalue weighted by Crippen LogP contribution is -2.34. The Kier molecular flexibility index (Phi) is 4.46. The largest absolute Gasteiger partial charge is 0.373 e. The number of aromatic nitrogens is 2. The van der Waals surface area contributed by atoms with Gasteiger partial charge >= 0.3 is 0 Å². The Morgan fingerprint density at radius 3 is 2.90 bits per heavy atom. The third kappa shape index (κ3) is 3.58. The quantitative estimate of drug-likeness (QED) is 0.936. The molecule has 1 fully saturated rings. The molecule has 0 spiro atoms. The van der Waals surface area contributed by atoms with Gasteiger partial charge in [0.15, 0.2) is 0 Å². The van der Waals surface area contributed by atoms with Gasteiger partial charge in [-0.25, -0.2) is 4.98 Å². The summed E-state index contributed by atoms with van der Waals surface area (Å²) in [7, 11) is 1.92. The summed E-state index contributed by atoms with van der Waals surface area (Å²) in [5.41, 5.74) is 2.55. The molecule has 0 aliphatic carbocycles. The molecule has 3 rings (SSSR count). The maximum absolute atomic E-state index is 4.71. The second kappa shape index (κ2) is 6.68. The molecule has 110 valence electrons. The molecule has 0 bridgehead atoms. The number of hydrogen-bond acceptors (Lipinski definition) is 4. The van der Waals surface area contributed by atoms with E-state index in [0.29, 0.717) is 5.92 Å². The first-order chi connectivity index (χ1) is 10.3. The summed E-state index contributed by atoms with van der Waals surface area (Å²) in [4.78, 5) is 11.3. The smallest absolute Gasteiger partial charge is 0.125 e. The van der Waals surface area contributed by atoms with Crippen LogP contribution in [0.2, 0.25) is 0 Å². The fraction of sp³-hybridized carbons (Fsp3) is 0.412. The van der Waals surface area contributed by atoms with Crippen molar-refractivity contribution >= 4 is 5.82 Å². The van der Waals surface area contributed by atoms with Gasteiger partial charge in [-0.05, 0) is 49.2 Å². The van der Waals surface area contributed by atoms with E-state index in [2.05, 4.69) is 39.5 Å². The highest BCUT2D eigenvalue weighted by Gasteiger charge is 2.22. The van der Waals surface area contributed by atoms with E-state index >= 15 is 0 Å². The maximum Gasteiger partial charge on any atom is 0.125 e. The van der Waals surface area contributed by atoms with Gasteiger partial charge in [-0.1, -0.05) is 6.07 Å². The molecular weight excluding hydrogens is 260 g/mol. The molecule has 0 saturated carbocycles. The molecule has 21 heavy (non-hydrogen) atoms. The second-order valence-corrected chi connectivity index (χ2v) is 5.63. The van der Waals surface area contributed by atoms with Crippen LogP contribution >= 0.6 is 0 Å². The zero-order chi connectivity index (χ0) is 14.5. The number of anilines is 1. The SMILES string of the molecule is CNc1cccc([C@H]2CCCN(Cc3ccncc3)C2)n1. The first-order valence-corrected chi connectivity index (χ1v) is 7.61. The Hall–Kier alpha value is -1.94. The van der Waals surface area contributed by atoms with Crippen LogP contribution < -0.4 is 5.32 Å². The van der Waals surface area contributed by atoms with Crippen molar-refractivity contribution < 1.29 is 0 Å². The summed E-state index contributed by atoms with van der Waals surface area (Å²) in [5, 5.41) is 3.13. The molecule has 4 heteroatoms. The van der Waals surface area contributed by atoms with Crippen LogP contribution in [0, 0.1) is 0 Å². The van der Waals surface area contributed by atoms with Gasteiger partial charge in [0.25, 0.3) is 0 Å². The average Bonchev–Trinajstić information content (AvgIpc) is 2.56. The van der Waals surface area contributed by atoms with Crippen molar-refractivity contribution in [1.29, 1.82) is 0 Å². The Morgan fingerprint density at radius 1 is 1.24 bits per heavy atom. The molecule has 0 radical (unpaired) electrons. The number of pyridine rings is 2. The highest BCUT2D eigenvalue weighted by atomic mass is 15.1. The summed E-state index contributed by atoms with van der Waals surface area (Å²) in [6, 6.07) is 10.5. The van der Waals surface area contributed by atoms with E-state index in [1.807, 2.05) is 25.5 Å². The molecule has 0 amide bonds. The third-order valence-corrected chi connectivity index (χ3v) is 4.11. The minimum atomic E-state index is 0.536. The van der Waals surface area contributed by atoms with E-state index in [9.17, 15) is 0 Å². The van der Waals surface area contributed by atoms with E-state index in [-0.39, 0.29) is 0 Å². The zero-order valence-corrected chi connectivity index (χ0v) is 12.5. The van der Waals surface area contributed by atoms with Gasteiger partial charge in [-0.2, -0.15) is 0 Å². The fourth-order valence-corrected chi connectivity index (χ4v) is 3.01. The standard InChI is InChI=1S/C17H22N4/c1-18-17-6-2-5-16(20-17)15-4-3-11-21(13-15)12-14-7-9-19-10-8-14/h2,5-10,15H,3-4,11-13H2,1H3,(H,18,20)/t15-/m0/s1. The molecule has 3 heterocycles. The van der Waals surface area contributed by atoms with Crippen LogP contribution in [-0.2, 0) is 6.54 Å². The summed E-state index contributed by atoms with van der Waals surface area (Å²) < 4.78 is 0. The number of nitrogens with zero attached hydrogens (tertiary/aromatic N) is 3. The lowest BCUT2D eigenvalue weighted by atomic mass is 9.94. The van der Waals surface area contributed by atoms with Gasteiger partial charge in [-0.15, -0.1) is 0 Å². The predicted molar refractivity (Wildman–Crippen MR) is 85.3 cm³/mol. The highest BCUT2D eigenvalue weighted by Crippen LogP contribution is 2.27. The molecule has 1 saturated heterocycles. The molecule has 0 unspecified atom stereocenters. The maximum atomic E-state index is 4.71. The molecule has 1 N–H and O–H groups in total. The molecule has 1 aliphatic heterocycles. The molecule has 1 aliphatic rings. The van der Waals surface area contributed by atoms with Crippen LogP contribution in [-0.4, -0.2) is 35.0 Å². The number of rotatable bonds is 4. The third-order valence-electron chi connectivity index (χ3n) is 4.11. The van der Waals surface area contributed by atoms with Crippen LogP contribution in [0.15, 0.2) is 42.7 Å². The lowest BCUT2D eigenvalue weighted by molar-refractivity contribution is 0.198. The Morgan fingerprint density at radius 2 is 2.10 bits per heavy atom. The minimum absolute atomic E-state index is 0.536. The number of nitrogens with one attached hydrogen (secondary N) is 1. The summed E-state index contributed by atoms with van der Waals surface area (Å²) in [6.45, 7) is 3.26. The molecule has 2 aromatic rings. The molecule has 1 atom stereocenters. The molecule has 4 nitrogen and oxygen atoms in total. The van der Waals surface area contributed by atoms with Gasteiger partial charge < -0.3 is 5.32 Å². The first kappa shape index (κ1) is 14.0. The van der Waals surface area contributed by atoms with Crippen molar-refractivity contribution in [2.24, 2.45) is 0 Å². The van der Waals surface area contributed by atoms with Crippen molar-refractivity contribution in [1.82, 2.24) is 14.9 Å². The fourth-order valence-electron chi connectivity index (χ4n) is 3.01. The number of hydrogen-bond donors (Lipinski definition) is 1. The monoisotopic (exact) mass is 282 g/mol. The summed E-state index contributed by atoms with van der Waals surface area (Å²) in [6.07, 6.45) is 6.21. The Balaban J connectivity index is 1.67. The van der Waals surface area contributed by atoms with E-state index in [4.69, 9.17) is 4.98 Å². The predicted octanol–water partition coefficient (Wildman–Crippen LogP) is 2.90. The van der Waals surface area contributed by atoms with Crippen molar-refractivity contribution in [2.45, 2.75) is 25.3 Å². The Bertz CT molecular complexity index is 570. The van der Waals surface area contributed by atoms with Gasteiger partial charge in [-0.3, -0.25) is 9.88 Å². The van der Waals surface area contributed by atoms with E-state index in [1.165, 1.54) is 30.6 Å². The summed E-state index contributed by atoms with van der Waals surface area (Å²) >= 11 is 0. The van der Waals surface area contributed by atoms with Crippen LogP contribution in [0.3, 0.4) is 0 Å². The van der Waals surface area contributed by atoms with Crippen LogP contribution in [0.1, 0.15) is 30.0 Å². The highest BCUT2D eigenvalue weighted by molar-refractivity contribution is 5.35. The number of piperidine rings is 1. The topological polar surface area (TPSA) is 41.0 Å². The van der Waals surface area contributed by atoms with Crippen molar-refractivity contribution in [3.8, 4) is 0 Å². The molecule has 2 aromatic heterocycles. The normalized spacial score (nSPS) is 19.4. The van der Waals surface area contributed by atoms with Crippen molar-refractivity contribution in [3.05, 3.63) is 54.0 Å². The molecule has 0 aromatic carbocycles. The second-order valence-electron chi connectivity index (χ2n) is 5.63. The van der Waals surface area contributed by atoms with Crippen LogP contribution in [0.25, 0.3) is 0 Å². The van der Waals surface area contributed by atoms with Crippen LogP contribution in [0.5, 0.6) is 0 Å². The zero-order valence-electron chi connectivity index (χ0n) is 12.5. The lowest BCUT2D eigenvalue weighted by Gasteiger charge is -2.32. The van der Waals surface area contributed by atoms with E-state index in [1.54, 1.807) is 0 Å². The van der Waals surface area contributed by atoms with E-state index in [0.717, 1.165) is 18.9 Å². The molecular formula is C17H22N4. The first-order valence-electron chi connectivity index (χ1n) is 7.61. The van der Waals surface area contributed by atoms with Gasteiger partial charge in [0.05, 0.1) is 0 Å². The average molecular weight is 282 g/mol. The summed E-state index contributed by atoms with van der Waals surface area (Å²) in [5.74, 6) is 1.49. The van der Waals surface area contributed by atoms with Crippen molar-refractivity contribution in [2.75, 3.05) is 25.5 Å². The van der Waals surface area contributed by atoms with Gasteiger partial charge in [0.1, 0.15) is 5.82 Å². The van der Waals surface area contributed by atoms with E-state index < -0.39 is 0 Å². The van der Waals surface area contributed by atoms with Gasteiger partial charge in [0, 0.05) is 44.1 Å². The number of likely N-dealkylation sites (tertiary alicyclic amines) is 1. The van der Waals surface area contributed by atoms with Crippen LogP contribution in [0.4, 0.5) is 5.82 Å². The Labute approximate surface area is 126 Å². The van der Waals surface area contributed by atoms with Gasteiger partial charge in [0.2, 0.25) is 0 Å². The van der Waals surface area contributed by atoms with Crippen molar-refractivity contribution in [3.63, 3.8) is 0 Å². The minimum Gasteiger partial charge on any atom is -0.373 e.